The minimum Gasteiger partial charge on any atom is -0.326 e. The molecule has 0 heterocycles. The van der Waals surface area contributed by atoms with Crippen molar-refractivity contribution in [2.75, 3.05) is 7.05 Å². The third-order valence-corrected chi connectivity index (χ3v) is 5.01. The first-order valence-corrected chi connectivity index (χ1v) is 8.03. The van der Waals surface area contributed by atoms with Crippen molar-refractivity contribution in [2.24, 2.45) is 11.7 Å². The van der Waals surface area contributed by atoms with Crippen LogP contribution in [0.25, 0.3) is 0 Å². The van der Waals surface area contributed by atoms with Gasteiger partial charge in [0.05, 0.1) is 0 Å². The van der Waals surface area contributed by atoms with Crippen molar-refractivity contribution in [1.29, 1.82) is 0 Å². The van der Waals surface area contributed by atoms with Crippen LogP contribution in [0.2, 0.25) is 0 Å². The number of likely N-dealkylation sites (N-methyl/N-ethyl adjacent to an activating group) is 1. The number of nitrogens with zero attached hydrogens (tertiary/aromatic N) is 1. The molecule has 0 aromatic heterocycles. The van der Waals surface area contributed by atoms with Crippen molar-refractivity contribution in [3.63, 3.8) is 0 Å². The number of hydrogen-bond acceptors (Lipinski definition) is 2. The largest absolute Gasteiger partial charge is 0.326 e. The lowest BCUT2D eigenvalue weighted by atomic mass is 9.85. The van der Waals surface area contributed by atoms with Gasteiger partial charge in [0.15, 0.2) is 0 Å². The molecule has 0 saturated heterocycles. The maximum absolute atomic E-state index is 6.33. The van der Waals surface area contributed by atoms with Crippen LogP contribution in [0.3, 0.4) is 0 Å². The Labute approximate surface area is 124 Å². The van der Waals surface area contributed by atoms with Crippen LogP contribution < -0.4 is 5.73 Å². The van der Waals surface area contributed by atoms with Crippen LogP contribution in [-0.2, 0) is 0 Å². The van der Waals surface area contributed by atoms with Crippen molar-refractivity contribution < 1.29 is 0 Å². The van der Waals surface area contributed by atoms with Crippen LogP contribution in [0.15, 0.2) is 24.3 Å². The van der Waals surface area contributed by atoms with Crippen molar-refractivity contribution in [3.05, 3.63) is 35.4 Å². The quantitative estimate of drug-likeness (QED) is 0.902. The molecule has 1 fully saturated rings. The van der Waals surface area contributed by atoms with Crippen molar-refractivity contribution in [1.82, 2.24) is 4.90 Å². The van der Waals surface area contributed by atoms with E-state index in [2.05, 4.69) is 57.0 Å². The first-order valence-electron chi connectivity index (χ1n) is 8.03. The van der Waals surface area contributed by atoms with E-state index in [9.17, 15) is 0 Å². The highest BCUT2D eigenvalue weighted by molar-refractivity contribution is 5.30. The number of aryl methyl sites for hydroxylation is 1. The van der Waals surface area contributed by atoms with E-state index >= 15 is 0 Å². The van der Waals surface area contributed by atoms with Crippen LogP contribution in [0.4, 0.5) is 0 Å². The maximum atomic E-state index is 6.33. The molecule has 2 atom stereocenters. The normalized spacial score (nSPS) is 26.5. The summed E-state index contributed by atoms with van der Waals surface area (Å²) in [7, 11) is 2.26. The predicted molar refractivity (Wildman–Crippen MR) is 86.8 cm³/mol. The third kappa shape index (κ3) is 3.42. The number of hydrogen-bond donors (Lipinski definition) is 1. The molecule has 112 valence electrons. The average Bonchev–Trinajstić information content (AvgIpc) is 2.41. The topological polar surface area (TPSA) is 29.3 Å². The number of nitrogens with two attached hydrogens (primary N) is 1. The van der Waals surface area contributed by atoms with E-state index in [-0.39, 0.29) is 6.04 Å². The Kier molecular flexibility index (Phi) is 5.22. The lowest BCUT2D eigenvalue weighted by Crippen LogP contribution is -2.44. The molecule has 0 aliphatic heterocycles. The highest BCUT2D eigenvalue weighted by Crippen LogP contribution is 2.33. The molecule has 1 aromatic rings. The van der Waals surface area contributed by atoms with E-state index < -0.39 is 0 Å². The van der Waals surface area contributed by atoms with Crippen LogP contribution in [0, 0.1) is 12.8 Å². The summed E-state index contributed by atoms with van der Waals surface area (Å²) in [5.74, 6) is 0.895. The first-order chi connectivity index (χ1) is 9.50. The van der Waals surface area contributed by atoms with Crippen molar-refractivity contribution in [2.45, 2.75) is 64.6 Å². The molecule has 0 radical (unpaired) electrons. The fourth-order valence-electron chi connectivity index (χ4n) is 3.67. The molecular weight excluding hydrogens is 244 g/mol. The van der Waals surface area contributed by atoms with E-state index in [1.54, 1.807) is 0 Å². The van der Waals surface area contributed by atoms with Gasteiger partial charge in [0.2, 0.25) is 0 Å². The zero-order chi connectivity index (χ0) is 14.7. The van der Waals surface area contributed by atoms with Gasteiger partial charge in [-0.3, -0.25) is 4.90 Å². The Hall–Kier alpha value is -0.860. The van der Waals surface area contributed by atoms with Crippen LogP contribution in [-0.4, -0.2) is 24.0 Å². The Morgan fingerprint density at radius 3 is 2.30 bits per heavy atom. The van der Waals surface area contributed by atoms with E-state index in [0.717, 1.165) is 5.92 Å². The molecule has 2 rings (SSSR count). The van der Waals surface area contributed by atoms with Gasteiger partial charge in [-0.1, -0.05) is 31.2 Å². The van der Waals surface area contributed by atoms with Gasteiger partial charge in [-0.15, -0.1) is 0 Å². The van der Waals surface area contributed by atoms with Crippen molar-refractivity contribution >= 4 is 0 Å². The Bertz CT molecular complexity index is 419. The Balaban J connectivity index is 2.18. The third-order valence-electron chi connectivity index (χ3n) is 5.01. The van der Waals surface area contributed by atoms with Gasteiger partial charge in [-0.05, 0) is 63.6 Å². The molecule has 1 aliphatic rings. The van der Waals surface area contributed by atoms with E-state index in [0.29, 0.717) is 12.1 Å². The second-order valence-electron chi connectivity index (χ2n) is 6.74. The lowest BCUT2D eigenvalue weighted by Gasteiger charge is -2.41. The molecule has 1 aliphatic carbocycles. The van der Waals surface area contributed by atoms with Crippen LogP contribution in [0.5, 0.6) is 0 Å². The molecule has 0 bridgehead atoms. The Morgan fingerprint density at radius 2 is 1.75 bits per heavy atom. The van der Waals surface area contributed by atoms with Crippen LogP contribution in [0.1, 0.15) is 56.7 Å². The lowest BCUT2D eigenvalue weighted by molar-refractivity contribution is 0.110. The van der Waals surface area contributed by atoms with Gasteiger partial charge >= 0.3 is 0 Å². The molecular formula is C18H30N2. The number of benzene rings is 1. The highest BCUT2D eigenvalue weighted by atomic mass is 15.2. The summed E-state index contributed by atoms with van der Waals surface area (Å²) in [4.78, 5) is 2.54. The van der Waals surface area contributed by atoms with Gasteiger partial charge < -0.3 is 5.73 Å². The van der Waals surface area contributed by atoms with E-state index in [4.69, 9.17) is 5.73 Å². The zero-order valence-electron chi connectivity index (χ0n) is 13.5. The summed E-state index contributed by atoms with van der Waals surface area (Å²) < 4.78 is 0. The first kappa shape index (κ1) is 15.5. The van der Waals surface area contributed by atoms with Gasteiger partial charge in [-0.2, -0.15) is 0 Å². The fourth-order valence-corrected chi connectivity index (χ4v) is 3.67. The van der Waals surface area contributed by atoms with Gasteiger partial charge in [0, 0.05) is 18.1 Å². The zero-order valence-corrected chi connectivity index (χ0v) is 13.5. The van der Waals surface area contributed by atoms with Gasteiger partial charge in [0.1, 0.15) is 0 Å². The summed E-state index contributed by atoms with van der Waals surface area (Å²) in [6.45, 7) is 6.71. The average molecular weight is 274 g/mol. The maximum Gasteiger partial charge on any atom is 0.0498 e. The molecule has 2 heteroatoms. The van der Waals surface area contributed by atoms with Gasteiger partial charge in [-0.25, -0.2) is 0 Å². The fraction of sp³-hybridized carbons (Fsp3) is 0.667. The van der Waals surface area contributed by atoms with Crippen LogP contribution >= 0.6 is 0 Å². The minimum atomic E-state index is 0.153. The second-order valence-corrected chi connectivity index (χ2v) is 6.74. The summed E-state index contributed by atoms with van der Waals surface area (Å²) in [5.41, 5.74) is 9.08. The molecule has 0 spiro atoms. The SMILES string of the molecule is Cc1ccccc1C(C(C)N)N(C)C1CCC(C)CC1. The molecule has 2 nitrogen and oxygen atoms in total. The smallest absolute Gasteiger partial charge is 0.0498 e. The van der Waals surface area contributed by atoms with Crippen molar-refractivity contribution in [3.8, 4) is 0 Å². The second kappa shape index (κ2) is 6.73. The molecule has 1 aromatic carbocycles. The molecule has 2 unspecified atom stereocenters. The van der Waals surface area contributed by atoms with E-state index in [1.807, 2.05) is 0 Å². The monoisotopic (exact) mass is 274 g/mol. The number of rotatable bonds is 4. The molecule has 0 amide bonds. The standard InChI is InChI=1S/C18H30N2/c1-13-9-11-16(12-10-13)20(4)18(15(3)19)17-8-6-5-7-14(17)2/h5-8,13,15-16,18H,9-12,19H2,1-4H3. The van der Waals surface area contributed by atoms with Gasteiger partial charge in [0.25, 0.3) is 0 Å². The molecule has 2 N–H and O–H groups in total. The summed E-state index contributed by atoms with van der Waals surface area (Å²) in [6, 6.07) is 9.84. The highest BCUT2D eigenvalue weighted by Gasteiger charge is 2.30. The minimum absolute atomic E-state index is 0.153. The summed E-state index contributed by atoms with van der Waals surface area (Å²) in [6.07, 6.45) is 5.34. The molecule has 20 heavy (non-hydrogen) atoms. The molecule has 1 saturated carbocycles. The predicted octanol–water partition coefficient (Wildman–Crippen LogP) is 3.89. The van der Waals surface area contributed by atoms with E-state index in [1.165, 1.54) is 36.8 Å². The Morgan fingerprint density at radius 1 is 1.15 bits per heavy atom. The summed E-state index contributed by atoms with van der Waals surface area (Å²) in [5, 5.41) is 0. The summed E-state index contributed by atoms with van der Waals surface area (Å²) >= 11 is 0.